The Morgan fingerprint density at radius 3 is 2.20 bits per heavy atom. The number of carboxylic acid groups (broad SMARTS) is 1. The van der Waals surface area contributed by atoms with E-state index in [4.69, 9.17) is 28.3 Å². The summed E-state index contributed by atoms with van der Waals surface area (Å²) in [6.45, 7) is 1.28. The molecule has 0 radical (unpaired) electrons. The molecule has 132 valence electrons. The molecule has 0 aliphatic heterocycles. The van der Waals surface area contributed by atoms with Gasteiger partial charge in [0.15, 0.2) is 0 Å². The number of carbonyl (C=O) groups is 2. The highest BCUT2D eigenvalue weighted by Gasteiger charge is 2.23. The Hall–Kier alpha value is -2.29. The maximum absolute atomic E-state index is 12.6. The van der Waals surface area contributed by atoms with Crippen molar-refractivity contribution < 1.29 is 23.1 Å². The number of benzene rings is 2. The lowest BCUT2D eigenvalue weighted by Crippen LogP contribution is -2.17. The molecule has 0 heterocycles. The number of carboxylic acids is 1. The Morgan fingerprint density at radius 2 is 1.64 bits per heavy atom. The minimum Gasteiger partial charge on any atom is -0.478 e. The van der Waals surface area contributed by atoms with Gasteiger partial charge in [-0.2, -0.15) is 0 Å². The van der Waals surface area contributed by atoms with Crippen molar-refractivity contribution in [3.63, 3.8) is 0 Å². The predicted molar refractivity (Wildman–Crippen MR) is 95.0 cm³/mol. The van der Waals surface area contributed by atoms with Gasteiger partial charge < -0.3 is 10.4 Å². The molecular weight excluding hydrogens is 391 g/mol. The van der Waals surface area contributed by atoms with E-state index in [9.17, 15) is 18.0 Å². The molecule has 0 aliphatic rings. The first kappa shape index (κ1) is 19.0. The topological polar surface area (TPSA) is 113 Å². The van der Waals surface area contributed by atoms with Gasteiger partial charge in [-0.3, -0.25) is 9.52 Å². The lowest BCUT2D eigenvalue weighted by Gasteiger charge is -2.14. The normalized spacial score (nSPS) is 11.0. The molecule has 10 heteroatoms. The Morgan fingerprint density at radius 1 is 1.04 bits per heavy atom. The third-order valence-corrected chi connectivity index (χ3v) is 5.17. The van der Waals surface area contributed by atoms with Crippen molar-refractivity contribution in [3.8, 4) is 0 Å². The number of hydrogen-bond acceptors (Lipinski definition) is 4. The third-order valence-electron chi connectivity index (χ3n) is 3.02. The van der Waals surface area contributed by atoms with Gasteiger partial charge in [0.25, 0.3) is 10.0 Å². The maximum Gasteiger partial charge on any atom is 0.337 e. The predicted octanol–water partition coefficient (Wildman–Crippen LogP) is 3.45. The fourth-order valence-corrected chi connectivity index (χ4v) is 3.90. The lowest BCUT2D eigenvalue weighted by atomic mass is 10.2. The molecule has 3 N–H and O–H groups in total. The van der Waals surface area contributed by atoms with Crippen LogP contribution in [0.3, 0.4) is 0 Å². The highest BCUT2D eigenvalue weighted by atomic mass is 35.5. The fraction of sp³-hybridized carbons (Fsp3) is 0.0667. The molecule has 25 heavy (non-hydrogen) atoms. The SMILES string of the molecule is CC(=O)Nc1ccccc1NS(=O)(=O)c1cc(C(=O)O)c(Cl)cc1Cl. The highest BCUT2D eigenvalue weighted by Crippen LogP contribution is 2.31. The van der Waals surface area contributed by atoms with Crippen LogP contribution in [0.25, 0.3) is 0 Å². The van der Waals surface area contributed by atoms with Gasteiger partial charge in [0.2, 0.25) is 5.91 Å². The van der Waals surface area contributed by atoms with Crippen LogP contribution in [0.2, 0.25) is 10.0 Å². The first-order valence-corrected chi connectivity index (χ1v) is 8.97. The van der Waals surface area contributed by atoms with Gasteiger partial charge in [-0.05, 0) is 24.3 Å². The quantitative estimate of drug-likeness (QED) is 0.708. The van der Waals surface area contributed by atoms with Gasteiger partial charge in [-0.1, -0.05) is 35.3 Å². The number of halogens is 2. The molecule has 0 bridgehead atoms. The first-order valence-electron chi connectivity index (χ1n) is 6.73. The second kappa shape index (κ2) is 7.30. The third kappa shape index (κ3) is 4.41. The van der Waals surface area contributed by atoms with Gasteiger partial charge in [0.05, 0.1) is 27.0 Å². The van der Waals surface area contributed by atoms with Crippen molar-refractivity contribution in [2.75, 3.05) is 10.0 Å². The number of rotatable bonds is 5. The van der Waals surface area contributed by atoms with Crippen molar-refractivity contribution in [3.05, 3.63) is 52.0 Å². The molecule has 0 aliphatic carbocycles. The molecule has 0 fully saturated rings. The number of amides is 1. The van der Waals surface area contributed by atoms with E-state index in [0.717, 1.165) is 12.1 Å². The van der Waals surface area contributed by atoms with Crippen molar-refractivity contribution >= 4 is 56.5 Å². The lowest BCUT2D eigenvalue weighted by molar-refractivity contribution is -0.114. The number of nitrogens with one attached hydrogen (secondary N) is 2. The smallest absolute Gasteiger partial charge is 0.337 e. The van der Waals surface area contributed by atoms with E-state index in [1.807, 2.05) is 0 Å². The van der Waals surface area contributed by atoms with Crippen LogP contribution < -0.4 is 10.0 Å². The van der Waals surface area contributed by atoms with Crippen LogP contribution in [0.4, 0.5) is 11.4 Å². The second-order valence-electron chi connectivity index (χ2n) is 4.90. The first-order chi connectivity index (χ1) is 11.6. The summed E-state index contributed by atoms with van der Waals surface area (Å²) in [7, 11) is -4.23. The maximum atomic E-state index is 12.6. The molecular formula is C15H12Cl2N2O5S. The molecule has 1 amide bonds. The van der Waals surface area contributed by atoms with Gasteiger partial charge in [0, 0.05) is 6.92 Å². The van der Waals surface area contributed by atoms with E-state index in [2.05, 4.69) is 10.0 Å². The van der Waals surface area contributed by atoms with Crippen molar-refractivity contribution in [1.82, 2.24) is 0 Å². The Kier molecular flexibility index (Phi) is 5.56. The molecule has 7 nitrogen and oxygen atoms in total. The van der Waals surface area contributed by atoms with E-state index >= 15 is 0 Å². The van der Waals surface area contributed by atoms with Crippen molar-refractivity contribution in [1.29, 1.82) is 0 Å². The summed E-state index contributed by atoms with van der Waals surface area (Å²) in [5.74, 6) is -1.78. The van der Waals surface area contributed by atoms with Crippen LogP contribution in [0.5, 0.6) is 0 Å². The molecule has 2 aromatic rings. The number of hydrogen-bond donors (Lipinski definition) is 3. The van der Waals surface area contributed by atoms with Crippen molar-refractivity contribution in [2.24, 2.45) is 0 Å². The molecule has 0 unspecified atom stereocenters. The molecule has 0 saturated heterocycles. The number of sulfonamides is 1. The fourth-order valence-electron chi connectivity index (χ4n) is 1.97. The number of carbonyl (C=O) groups excluding carboxylic acids is 1. The van der Waals surface area contributed by atoms with E-state index < -0.39 is 26.5 Å². The van der Waals surface area contributed by atoms with Crippen LogP contribution in [0.15, 0.2) is 41.3 Å². The summed E-state index contributed by atoms with van der Waals surface area (Å²) >= 11 is 11.7. The average Bonchev–Trinajstić information content (AvgIpc) is 2.47. The number of para-hydroxylation sites is 2. The zero-order chi connectivity index (χ0) is 18.8. The monoisotopic (exact) mass is 402 g/mol. The largest absolute Gasteiger partial charge is 0.478 e. The highest BCUT2D eigenvalue weighted by molar-refractivity contribution is 7.92. The molecule has 2 rings (SSSR count). The van der Waals surface area contributed by atoms with E-state index in [0.29, 0.717) is 0 Å². The van der Waals surface area contributed by atoms with Crippen molar-refractivity contribution in [2.45, 2.75) is 11.8 Å². The Bertz CT molecular complexity index is 960. The van der Waals surface area contributed by atoms with E-state index in [1.54, 1.807) is 12.1 Å². The minimum absolute atomic E-state index is 0.0978. The average molecular weight is 403 g/mol. The van der Waals surface area contributed by atoms with Gasteiger partial charge in [0.1, 0.15) is 4.90 Å². The van der Waals surface area contributed by atoms with Gasteiger partial charge >= 0.3 is 5.97 Å². The standard InChI is InChI=1S/C15H12Cl2N2O5S/c1-8(20)18-12-4-2-3-5-13(12)19-25(23,24)14-6-9(15(21)22)10(16)7-11(14)17/h2-7,19H,1H3,(H,18,20)(H,21,22). The molecule has 0 atom stereocenters. The molecule has 0 aromatic heterocycles. The zero-order valence-electron chi connectivity index (χ0n) is 12.7. The summed E-state index contributed by atoms with van der Waals surface area (Å²) in [6, 6.07) is 8.03. The second-order valence-corrected chi connectivity index (χ2v) is 7.37. The minimum atomic E-state index is -4.23. The molecule has 2 aromatic carbocycles. The van der Waals surface area contributed by atoms with Crippen LogP contribution in [-0.2, 0) is 14.8 Å². The van der Waals surface area contributed by atoms with Gasteiger partial charge in [-0.15, -0.1) is 0 Å². The Balaban J connectivity index is 2.49. The summed E-state index contributed by atoms with van der Waals surface area (Å²) < 4.78 is 27.5. The van der Waals surface area contributed by atoms with Crippen LogP contribution in [0, 0.1) is 0 Å². The van der Waals surface area contributed by atoms with Crippen LogP contribution in [0.1, 0.15) is 17.3 Å². The van der Waals surface area contributed by atoms with Gasteiger partial charge in [-0.25, -0.2) is 13.2 Å². The number of aromatic carboxylic acids is 1. The Labute approximate surface area is 153 Å². The number of anilines is 2. The summed E-state index contributed by atoms with van der Waals surface area (Å²) in [6.07, 6.45) is 0. The molecule has 0 spiro atoms. The molecule has 0 saturated carbocycles. The summed E-state index contributed by atoms with van der Waals surface area (Å²) in [4.78, 5) is 21.9. The van der Waals surface area contributed by atoms with E-state index in [-0.39, 0.29) is 27.3 Å². The summed E-state index contributed by atoms with van der Waals surface area (Å²) in [5.41, 5.74) is -0.0655. The van der Waals surface area contributed by atoms with Crippen LogP contribution in [-0.4, -0.2) is 25.4 Å². The zero-order valence-corrected chi connectivity index (χ0v) is 15.0. The van der Waals surface area contributed by atoms with E-state index in [1.165, 1.54) is 19.1 Å². The summed E-state index contributed by atoms with van der Waals surface area (Å²) in [5, 5.41) is 11.2. The van der Waals surface area contributed by atoms with Crippen LogP contribution >= 0.6 is 23.2 Å².